The van der Waals surface area contributed by atoms with E-state index in [9.17, 15) is 9.36 Å². The molecule has 90 valence electrons. The molecule has 0 spiro atoms. The van der Waals surface area contributed by atoms with Crippen LogP contribution >= 0.6 is 7.82 Å². The monoisotopic (exact) mass is 240 g/mol. The summed E-state index contributed by atoms with van der Waals surface area (Å²) in [5.74, 6) is -0.935. The number of aliphatic carboxylic acids is 1. The SMILES string of the molecule is C=C(C)C(=O)O.CCOP(=O)(O)OCC. The Morgan fingerprint density at radius 2 is 1.60 bits per heavy atom. The highest BCUT2D eigenvalue weighted by molar-refractivity contribution is 7.47. The van der Waals surface area contributed by atoms with Gasteiger partial charge < -0.3 is 10.00 Å². The van der Waals surface area contributed by atoms with Crippen molar-refractivity contribution in [3.63, 3.8) is 0 Å². The molecule has 0 saturated heterocycles. The maximum Gasteiger partial charge on any atom is 0.472 e. The van der Waals surface area contributed by atoms with Crippen molar-refractivity contribution >= 4 is 13.8 Å². The van der Waals surface area contributed by atoms with Crippen molar-refractivity contribution in [2.24, 2.45) is 0 Å². The summed E-state index contributed by atoms with van der Waals surface area (Å²) in [4.78, 5) is 18.2. The number of phosphoric ester groups is 1. The summed E-state index contributed by atoms with van der Waals surface area (Å²) in [6, 6.07) is 0. The molecule has 0 aromatic rings. The molecule has 15 heavy (non-hydrogen) atoms. The van der Waals surface area contributed by atoms with E-state index in [0.717, 1.165) is 0 Å². The van der Waals surface area contributed by atoms with E-state index in [1.165, 1.54) is 6.92 Å². The minimum absolute atomic E-state index is 0.176. The van der Waals surface area contributed by atoms with Crippen LogP contribution in [-0.4, -0.2) is 29.2 Å². The average Bonchev–Trinajstić information content (AvgIpc) is 2.04. The first-order valence-electron chi connectivity index (χ1n) is 4.27. The van der Waals surface area contributed by atoms with Crippen LogP contribution < -0.4 is 0 Å². The molecule has 6 nitrogen and oxygen atoms in total. The Morgan fingerprint density at radius 1 is 1.33 bits per heavy atom. The summed E-state index contributed by atoms with van der Waals surface area (Å²) in [5, 5.41) is 7.89. The van der Waals surface area contributed by atoms with Crippen molar-refractivity contribution in [2.45, 2.75) is 20.8 Å². The third-order valence-corrected chi connectivity index (χ3v) is 2.12. The van der Waals surface area contributed by atoms with Crippen molar-refractivity contribution in [1.29, 1.82) is 0 Å². The highest BCUT2D eigenvalue weighted by Gasteiger charge is 2.17. The van der Waals surface area contributed by atoms with Gasteiger partial charge in [-0.2, -0.15) is 0 Å². The van der Waals surface area contributed by atoms with Gasteiger partial charge in [-0.15, -0.1) is 0 Å². The third-order valence-electron chi connectivity index (χ3n) is 0.950. The summed E-state index contributed by atoms with van der Waals surface area (Å²) < 4.78 is 19.2. The molecule has 0 aromatic heterocycles. The average molecular weight is 240 g/mol. The third kappa shape index (κ3) is 13.3. The number of hydrogen-bond acceptors (Lipinski definition) is 4. The van der Waals surface area contributed by atoms with Crippen molar-refractivity contribution in [3.05, 3.63) is 12.2 Å². The van der Waals surface area contributed by atoms with E-state index >= 15 is 0 Å². The fourth-order valence-electron chi connectivity index (χ4n) is 0.364. The predicted octanol–water partition coefficient (Wildman–Crippen LogP) is 1.81. The summed E-state index contributed by atoms with van der Waals surface area (Å²) in [6.45, 7) is 8.23. The van der Waals surface area contributed by atoms with E-state index in [2.05, 4.69) is 15.6 Å². The second-order valence-electron chi connectivity index (χ2n) is 2.39. The van der Waals surface area contributed by atoms with Crippen LogP contribution in [-0.2, 0) is 18.4 Å². The molecule has 0 aliphatic heterocycles. The van der Waals surface area contributed by atoms with Crippen molar-refractivity contribution < 1.29 is 28.4 Å². The summed E-state index contributed by atoms with van der Waals surface area (Å²) in [6.07, 6.45) is 0. The second-order valence-corrected chi connectivity index (χ2v) is 3.84. The van der Waals surface area contributed by atoms with E-state index in [1.807, 2.05) is 0 Å². The first-order chi connectivity index (χ1) is 6.76. The van der Waals surface area contributed by atoms with Gasteiger partial charge in [0.05, 0.1) is 13.2 Å². The molecule has 0 radical (unpaired) electrons. The number of rotatable bonds is 5. The van der Waals surface area contributed by atoms with Gasteiger partial charge in [0.15, 0.2) is 0 Å². The van der Waals surface area contributed by atoms with E-state index in [-0.39, 0.29) is 18.8 Å². The fourth-order valence-corrected chi connectivity index (χ4v) is 1.09. The molecule has 0 heterocycles. The Bertz CT molecular complexity index is 228. The minimum atomic E-state index is -3.69. The summed E-state index contributed by atoms with van der Waals surface area (Å²) in [5.41, 5.74) is 0.176. The topological polar surface area (TPSA) is 93.1 Å². The molecule has 0 aliphatic carbocycles. The number of carbonyl (C=O) groups is 1. The molecule has 0 amide bonds. The first kappa shape index (κ1) is 16.7. The van der Waals surface area contributed by atoms with E-state index in [4.69, 9.17) is 10.00 Å². The van der Waals surface area contributed by atoms with Crippen molar-refractivity contribution in [3.8, 4) is 0 Å². The molecule has 2 N–H and O–H groups in total. The summed E-state index contributed by atoms with van der Waals surface area (Å²) in [7, 11) is -3.69. The molecule has 0 aromatic carbocycles. The van der Waals surface area contributed by atoms with Crippen LogP contribution in [0.5, 0.6) is 0 Å². The van der Waals surface area contributed by atoms with E-state index in [0.29, 0.717) is 0 Å². The largest absolute Gasteiger partial charge is 0.478 e. The second kappa shape index (κ2) is 8.61. The highest BCUT2D eigenvalue weighted by Crippen LogP contribution is 2.42. The molecule has 0 rings (SSSR count). The van der Waals surface area contributed by atoms with Gasteiger partial charge in [-0.1, -0.05) is 6.58 Å². The quantitative estimate of drug-likeness (QED) is 0.562. The Morgan fingerprint density at radius 3 is 1.73 bits per heavy atom. The predicted molar refractivity (Wildman–Crippen MR) is 55.5 cm³/mol. The molecule has 0 atom stereocenters. The lowest BCUT2D eigenvalue weighted by atomic mass is 10.4. The molecular formula is C8H17O6P. The zero-order valence-corrected chi connectivity index (χ0v) is 9.99. The van der Waals surface area contributed by atoms with E-state index < -0.39 is 13.8 Å². The summed E-state index contributed by atoms with van der Waals surface area (Å²) >= 11 is 0. The van der Waals surface area contributed by atoms with Gasteiger partial charge in [0, 0.05) is 5.57 Å². The Balaban J connectivity index is 0. The van der Waals surface area contributed by atoms with Crippen LogP contribution in [0.3, 0.4) is 0 Å². The number of carboxylic acids is 1. The molecule has 0 unspecified atom stereocenters. The van der Waals surface area contributed by atoms with Crippen LogP contribution in [0.4, 0.5) is 0 Å². The van der Waals surface area contributed by atoms with Gasteiger partial charge in [-0.25, -0.2) is 9.36 Å². The van der Waals surface area contributed by atoms with Crippen LogP contribution in [0, 0.1) is 0 Å². The minimum Gasteiger partial charge on any atom is -0.478 e. The molecule has 0 fully saturated rings. The van der Waals surface area contributed by atoms with Gasteiger partial charge in [-0.05, 0) is 20.8 Å². The van der Waals surface area contributed by atoms with Crippen molar-refractivity contribution in [1.82, 2.24) is 0 Å². The molecule has 7 heteroatoms. The van der Waals surface area contributed by atoms with Crippen molar-refractivity contribution in [2.75, 3.05) is 13.2 Å². The first-order valence-corrected chi connectivity index (χ1v) is 5.77. The number of carboxylic acid groups (broad SMARTS) is 1. The lowest BCUT2D eigenvalue weighted by Crippen LogP contribution is -1.93. The Kier molecular flexibility index (Phi) is 9.61. The molecule has 0 aliphatic rings. The van der Waals surface area contributed by atoms with Gasteiger partial charge in [-0.3, -0.25) is 9.05 Å². The normalized spacial score (nSPS) is 10.1. The molecule has 0 bridgehead atoms. The Hall–Kier alpha value is -0.680. The van der Waals surface area contributed by atoms with Crippen LogP contribution in [0.25, 0.3) is 0 Å². The maximum absolute atomic E-state index is 10.5. The lowest BCUT2D eigenvalue weighted by molar-refractivity contribution is -0.132. The van der Waals surface area contributed by atoms with Gasteiger partial charge in [0.25, 0.3) is 0 Å². The fraction of sp³-hybridized carbons (Fsp3) is 0.625. The zero-order valence-electron chi connectivity index (χ0n) is 9.10. The Labute approximate surface area is 89.1 Å². The van der Waals surface area contributed by atoms with Gasteiger partial charge >= 0.3 is 13.8 Å². The van der Waals surface area contributed by atoms with Crippen LogP contribution in [0.2, 0.25) is 0 Å². The van der Waals surface area contributed by atoms with Crippen LogP contribution in [0.1, 0.15) is 20.8 Å². The smallest absolute Gasteiger partial charge is 0.472 e. The van der Waals surface area contributed by atoms with Gasteiger partial charge in [0.2, 0.25) is 0 Å². The highest BCUT2D eigenvalue weighted by atomic mass is 31.2. The zero-order chi connectivity index (χ0) is 12.5. The lowest BCUT2D eigenvalue weighted by Gasteiger charge is -2.07. The number of phosphoric acid groups is 1. The molecule has 0 saturated carbocycles. The van der Waals surface area contributed by atoms with Crippen LogP contribution in [0.15, 0.2) is 12.2 Å². The van der Waals surface area contributed by atoms with Gasteiger partial charge in [0.1, 0.15) is 0 Å². The number of hydrogen-bond donors (Lipinski definition) is 2. The molecular weight excluding hydrogens is 223 g/mol. The standard InChI is InChI=1S/C4H11O4P.C4H6O2/c1-3-7-9(5,6)8-4-2;1-3(2)4(5)6/h3-4H2,1-2H3,(H,5,6);1H2,2H3,(H,5,6). The maximum atomic E-state index is 10.5. The van der Waals surface area contributed by atoms with E-state index in [1.54, 1.807) is 13.8 Å².